The van der Waals surface area contributed by atoms with Crippen molar-refractivity contribution in [2.45, 2.75) is 32.9 Å². The molecule has 0 bridgehead atoms. The number of hydrogen-bond donors (Lipinski definition) is 1. The Labute approximate surface area is 133 Å². The molecular formula is C15H19BrClN3. The second kappa shape index (κ2) is 7.25. The zero-order chi connectivity index (χ0) is 14.5. The van der Waals surface area contributed by atoms with Gasteiger partial charge in [-0.3, -0.25) is 0 Å². The van der Waals surface area contributed by atoms with Crippen molar-refractivity contribution in [1.29, 1.82) is 0 Å². The quantitative estimate of drug-likeness (QED) is 0.831. The summed E-state index contributed by atoms with van der Waals surface area (Å²) in [5.74, 6) is 1.04. The first-order valence-electron chi connectivity index (χ1n) is 6.86. The van der Waals surface area contributed by atoms with Crippen LogP contribution >= 0.6 is 27.5 Å². The Hall–Kier alpha value is -0.840. The SMILES string of the molecule is CCCn1ccnc1C(NCC)c1ccc(Cl)c(Br)c1. The molecule has 1 atom stereocenters. The Morgan fingerprint density at radius 2 is 2.20 bits per heavy atom. The highest BCUT2D eigenvalue weighted by atomic mass is 79.9. The van der Waals surface area contributed by atoms with Gasteiger partial charge in [-0.1, -0.05) is 31.5 Å². The Morgan fingerprint density at radius 3 is 2.85 bits per heavy atom. The number of hydrogen-bond acceptors (Lipinski definition) is 2. The first-order valence-corrected chi connectivity index (χ1v) is 8.03. The molecule has 0 radical (unpaired) electrons. The summed E-state index contributed by atoms with van der Waals surface area (Å²) in [5.41, 5.74) is 1.16. The first-order chi connectivity index (χ1) is 9.67. The van der Waals surface area contributed by atoms with Gasteiger partial charge in [0.2, 0.25) is 0 Å². The van der Waals surface area contributed by atoms with Crippen molar-refractivity contribution in [3.8, 4) is 0 Å². The van der Waals surface area contributed by atoms with Crippen LogP contribution in [0.25, 0.3) is 0 Å². The van der Waals surface area contributed by atoms with Crippen molar-refractivity contribution in [1.82, 2.24) is 14.9 Å². The molecule has 3 nitrogen and oxygen atoms in total. The van der Waals surface area contributed by atoms with Gasteiger partial charge >= 0.3 is 0 Å². The van der Waals surface area contributed by atoms with Crippen molar-refractivity contribution in [3.63, 3.8) is 0 Å². The Kier molecular flexibility index (Phi) is 5.64. The molecule has 0 saturated carbocycles. The maximum absolute atomic E-state index is 6.08. The number of aromatic nitrogens is 2. The molecule has 0 aliphatic carbocycles. The average molecular weight is 357 g/mol. The summed E-state index contributed by atoms with van der Waals surface area (Å²) in [7, 11) is 0. The number of imidazole rings is 1. The summed E-state index contributed by atoms with van der Waals surface area (Å²) in [5, 5.41) is 4.22. The minimum Gasteiger partial charge on any atom is -0.333 e. The van der Waals surface area contributed by atoms with Gasteiger partial charge < -0.3 is 9.88 Å². The van der Waals surface area contributed by atoms with Gasteiger partial charge in [-0.05, 0) is 46.6 Å². The average Bonchev–Trinajstić information content (AvgIpc) is 2.88. The number of benzene rings is 1. The van der Waals surface area contributed by atoms with Gasteiger partial charge in [0.1, 0.15) is 5.82 Å². The molecule has 2 aromatic rings. The first kappa shape index (κ1) is 15.5. The molecule has 0 spiro atoms. The van der Waals surface area contributed by atoms with Crippen LogP contribution in [0.5, 0.6) is 0 Å². The van der Waals surface area contributed by atoms with Crippen LogP contribution in [0.4, 0.5) is 0 Å². The Balaban J connectivity index is 2.39. The van der Waals surface area contributed by atoms with Gasteiger partial charge in [-0.25, -0.2) is 4.98 Å². The van der Waals surface area contributed by atoms with E-state index >= 15 is 0 Å². The number of nitrogens with one attached hydrogen (secondary N) is 1. The predicted molar refractivity (Wildman–Crippen MR) is 87.2 cm³/mol. The number of aryl methyl sites for hydroxylation is 1. The second-order valence-corrected chi connectivity index (χ2v) is 5.90. The van der Waals surface area contributed by atoms with Gasteiger partial charge in [-0.15, -0.1) is 0 Å². The van der Waals surface area contributed by atoms with Gasteiger partial charge in [0.15, 0.2) is 0 Å². The third-order valence-electron chi connectivity index (χ3n) is 3.16. The molecule has 0 aliphatic rings. The summed E-state index contributed by atoms with van der Waals surface area (Å²) in [6.45, 7) is 6.13. The molecule has 0 amide bonds. The van der Waals surface area contributed by atoms with Gasteiger partial charge in [-0.2, -0.15) is 0 Å². The highest BCUT2D eigenvalue weighted by Gasteiger charge is 2.18. The normalized spacial score (nSPS) is 12.6. The molecule has 1 heterocycles. The van der Waals surface area contributed by atoms with Crippen LogP contribution in [0, 0.1) is 0 Å². The molecule has 0 aliphatic heterocycles. The summed E-state index contributed by atoms with van der Waals surface area (Å²) in [6, 6.07) is 6.10. The van der Waals surface area contributed by atoms with E-state index in [-0.39, 0.29) is 6.04 Å². The van der Waals surface area contributed by atoms with E-state index in [4.69, 9.17) is 11.6 Å². The van der Waals surface area contributed by atoms with Crippen molar-refractivity contribution < 1.29 is 0 Å². The lowest BCUT2D eigenvalue weighted by Crippen LogP contribution is -2.25. The molecule has 1 aromatic heterocycles. The van der Waals surface area contributed by atoms with E-state index < -0.39 is 0 Å². The summed E-state index contributed by atoms with van der Waals surface area (Å²) in [4.78, 5) is 4.53. The van der Waals surface area contributed by atoms with Crippen LogP contribution in [0.15, 0.2) is 35.1 Å². The smallest absolute Gasteiger partial charge is 0.130 e. The number of nitrogens with zero attached hydrogens (tertiary/aromatic N) is 2. The molecular weight excluding hydrogens is 338 g/mol. The fraction of sp³-hybridized carbons (Fsp3) is 0.400. The number of rotatable bonds is 6. The number of halogens is 2. The zero-order valence-corrected chi connectivity index (χ0v) is 14.1. The second-order valence-electron chi connectivity index (χ2n) is 4.64. The van der Waals surface area contributed by atoms with Gasteiger partial charge in [0.25, 0.3) is 0 Å². The molecule has 0 fully saturated rings. The van der Waals surface area contributed by atoms with Crippen molar-refractivity contribution in [3.05, 3.63) is 51.5 Å². The standard InChI is InChI=1S/C15H19BrClN3/c1-3-8-20-9-7-19-15(20)14(18-4-2)11-5-6-13(17)12(16)10-11/h5-7,9-10,14,18H,3-4,8H2,1-2H3. The van der Waals surface area contributed by atoms with E-state index in [1.54, 1.807) is 0 Å². The molecule has 1 N–H and O–H groups in total. The fourth-order valence-corrected chi connectivity index (χ4v) is 2.78. The van der Waals surface area contributed by atoms with Crippen LogP contribution < -0.4 is 5.32 Å². The molecule has 1 aromatic carbocycles. The molecule has 5 heteroatoms. The van der Waals surface area contributed by atoms with Crippen LogP contribution in [0.2, 0.25) is 5.02 Å². The summed E-state index contributed by atoms with van der Waals surface area (Å²) in [6.07, 6.45) is 4.99. The Morgan fingerprint density at radius 1 is 1.40 bits per heavy atom. The van der Waals surface area contributed by atoms with E-state index in [0.29, 0.717) is 0 Å². The zero-order valence-electron chi connectivity index (χ0n) is 11.7. The minimum absolute atomic E-state index is 0.0788. The molecule has 1 unspecified atom stereocenters. The highest BCUT2D eigenvalue weighted by Crippen LogP contribution is 2.28. The van der Waals surface area contributed by atoms with E-state index in [0.717, 1.165) is 40.4 Å². The van der Waals surface area contributed by atoms with Crippen LogP contribution in [0.1, 0.15) is 37.7 Å². The fourth-order valence-electron chi connectivity index (χ4n) is 2.27. The van der Waals surface area contributed by atoms with Crippen molar-refractivity contribution in [2.24, 2.45) is 0 Å². The third kappa shape index (κ3) is 3.43. The summed E-state index contributed by atoms with van der Waals surface area (Å²) < 4.78 is 3.11. The topological polar surface area (TPSA) is 29.9 Å². The maximum atomic E-state index is 6.08. The Bertz CT molecular complexity index is 568. The van der Waals surface area contributed by atoms with Crippen LogP contribution in [-0.2, 0) is 6.54 Å². The van der Waals surface area contributed by atoms with Gasteiger partial charge in [0, 0.05) is 23.4 Å². The van der Waals surface area contributed by atoms with E-state index in [1.807, 2.05) is 24.5 Å². The molecule has 0 saturated heterocycles. The lowest BCUT2D eigenvalue weighted by atomic mass is 10.1. The van der Waals surface area contributed by atoms with Crippen molar-refractivity contribution >= 4 is 27.5 Å². The predicted octanol–water partition coefficient (Wildman–Crippen LogP) is 4.41. The lowest BCUT2D eigenvalue weighted by molar-refractivity contribution is 0.544. The largest absolute Gasteiger partial charge is 0.333 e. The third-order valence-corrected chi connectivity index (χ3v) is 4.37. The summed E-state index contributed by atoms with van der Waals surface area (Å²) >= 11 is 9.57. The molecule has 2 rings (SSSR count). The lowest BCUT2D eigenvalue weighted by Gasteiger charge is -2.20. The van der Waals surface area contributed by atoms with Crippen LogP contribution in [-0.4, -0.2) is 16.1 Å². The maximum Gasteiger partial charge on any atom is 0.130 e. The van der Waals surface area contributed by atoms with Crippen molar-refractivity contribution in [2.75, 3.05) is 6.54 Å². The van der Waals surface area contributed by atoms with E-state index in [9.17, 15) is 0 Å². The van der Waals surface area contributed by atoms with Crippen LogP contribution in [0.3, 0.4) is 0 Å². The van der Waals surface area contributed by atoms with Gasteiger partial charge in [0.05, 0.1) is 11.1 Å². The molecule has 20 heavy (non-hydrogen) atoms. The monoisotopic (exact) mass is 355 g/mol. The van der Waals surface area contributed by atoms with E-state index in [2.05, 4.69) is 50.7 Å². The van der Waals surface area contributed by atoms with E-state index in [1.165, 1.54) is 0 Å². The highest BCUT2D eigenvalue weighted by molar-refractivity contribution is 9.10. The minimum atomic E-state index is 0.0788. The molecule has 108 valence electrons.